The van der Waals surface area contributed by atoms with Crippen molar-refractivity contribution in [2.24, 2.45) is 23.2 Å². The van der Waals surface area contributed by atoms with E-state index in [1.54, 1.807) is 0 Å². The number of rotatable bonds is 3. The summed E-state index contributed by atoms with van der Waals surface area (Å²) in [4.78, 5) is 12.6. The topological polar surface area (TPSA) is 65.0 Å². The average molecular weight is 496 g/mol. The second-order valence-electron chi connectivity index (χ2n) is 10.0. The van der Waals surface area contributed by atoms with Gasteiger partial charge < -0.3 is 19.3 Å². The van der Waals surface area contributed by atoms with Gasteiger partial charge in [-0.25, -0.2) is 0 Å². The van der Waals surface area contributed by atoms with E-state index in [1.807, 2.05) is 0 Å². The van der Waals surface area contributed by atoms with E-state index in [1.165, 1.54) is 0 Å². The second-order valence-corrected chi connectivity index (χ2v) is 10.0. The van der Waals surface area contributed by atoms with Gasteiger partial charge in [0.05, 0.1) is 0 Å². The summed E-state index contributed by atoms with van der Waals surface area (Å²) in [6, 6.07) is 0. The third-order valence-electron chi connectivity index (χ3n) is 8.30. The van der Waals surface area contributed by atoms with E-state index in [0.29, 0.717) is 6.92 Å². The Morgan fingerprint density at radius 3 is 2.03 bits per heavy atom. The van der Waals surface area contributed by atoms with Gasteiger partial charge in [-0.05, 0) is 63.2 Å². The summed E-state index contributed by atoms with van der Waals surface area (Å²) in [5.41, 5.74) is -7.08. The SMILES string of the molecule is CCC(C)(C(=O)OC12CC3CC(C1)C1(OCOC(O)(C(F)(F)F)C1(F)F)C(C3)C2)C(F)(F)F. The molecule has 4 bridgehead atoms. The van der Waals surface area contributed by atoms with E-state index >= 15 is 8.78 Å². The summed E-state index contributed by atoms with van der Waals surface area (Å²) in [6.07, 6.45) is -12.0. The fourth-order valence-electron chi connectivity index (χ4n) is 6.46. The molecular weight excluding hydrogens is 472 g/mol. The van der Waals surface area contributed by atoms with Crippen LogP contribution in [0.4, 0.5) is 35.1 Å². The molecule has 1 aliphatic heterocycles. The first-order valence-electron chi connectivity index (χ1n) is 10.6. The van der Waals surface area contributed by atoms with Crippen LogP contribution in [0.3, 0.4) is 0 Å². The zero-order chi connectivity index (χ0) is 24.9. The summed E-state index contributed by atoms with van der Waals surface area (Å²) < 4.78 is 126. The minimum atomic E-state index is -5.83. The van der Waals surface area contributed by atoms with Gasteiger partial charge in [0.15, 0.2) is 12.2 Å². The van der Waals surface area contributed by atoms with Gasteiger partial charge >= 0.3 is 30.0 Å². The number of hydrogen-bond acceptors (Lipinski definition) is 5. The summed E-state index contributed by atoms with van der Waals surface area (Å²) in [5, 5.41) is 9.94. The Labute approximate surface area is 183 Å². The highest BCUT2D eigenvalue weighted by Gasteiger charge is 2.85. The van der Waals surface area contributed by atoms with Crippen molar-refractivity contribution >= 4 is 5.97 Å². The molecule has 33 heavy (non-hydrogen) atoms. The Hall–Kier alpha value is -1.21. The van der Waals surface area contributed by atoms with Crippen molar-refractivity contribution in [1.29, 1.82) is 0 Å². The van der Waals surface area contributed by atoms with Crippen LogP contribution in [0.1, 0.15) is 52.4 Å². The molecule has 4 aliphatic carbocycles. The maximum absolute atomic E-state index is 15.5. The number of alkyl halides is 8. The Balaban J connectivity index is 1.68. The van der Waals surface area contributed by atoms with Gasteiger partial charge in [0.1, 0.15) is 11.2 Å². The number of halogens is 8. The van der Waals surface area contributed by atoms with E-state index in [4.69, 9.17) is 9.47 Å². The summed E-state index contributed by atoms with van der Waals surface area (Å²) in [6.45, 7) is 0.617. The molecule has 4 saturated carbocycles. The fourth-order valence-corrected chi connectivity index (χ4v) is 6.46. The van der Waals surface area contributed by atoms with Crippen LogP contribution in [0.5, 0.6) is 0 Å². The molecule has 1 heterocycles. The Morgan fingerprint density at radius 1 is 1.03 bits per heavy atom. The van der Waals surface area contributed by atoms with Crippen LogP contribution >= 0.6 is 0 Å². The van der Waals surface area contributed by atoms with Crippen molar-refractivity contribution in [3.05, 3.63) is 0 Å². The van der Waals surface area contributed by atoms with Crippen LogP contribution in [0.15, 0.2) is 0 Å². The Morgan fingerprint density at radius 2 is 1.58 bits per heavy atom. The zero-order valence-corrected chi connectivity index (χ0v) is 17.8. The third-order valence-corrected chi connectivity index (χ3v) is 8.30. The van der Waals surface area contributed by atoms with Crippen molar-refractivity contribution in [1.82, 2.24) is 0 Å². The van der Waals surface area contributed by atoms with Gasteiger partial charge in [0, 0.05) is 0 Å². The van der Waals surface area contributed by atoms with Crippen molar-refractivity contribution in [3.63, 3.8) is 0 Å². The largest absolute Gasteiger partial charge is 0.458 e. The Bertz CT molecular complexity index is 810. The smallest absolute Gasteiger partial charge is 0.449 e. The van der Waals surface area contributed by atoms with Crippen LogP contribution in [-0.2, 0) is 19.0 Å². The standard InChI is InChI=1S/C20H24F8O5/c1-3-14(2,19(23,24)25)13(29)33-15-6-10-4-11(7-15)16(12(5-10)8-15)17(21,22)18(30,20(26,27)28)32-9-31-16/h10-12,30H,3-9H2,1-2H3. The molecule has 5 rings (SSSR count). The highest BCUT2D eigenvalue weighted by molar-refractivity contribution is 5.78. The molecule has 1 saturated heterocycles. The number of ether oxygens (including phenoxy) is 3. The van der Waals surface area contributed by atoms with Crippen LogP contribution in [0, 0.1) is 23.2 Å². The molecule has 0 radical (unpaired) electrons. The molecule has 190 valence electrons. The first kappa shape index (κ1) is 24.9. The molecule has 0 aromatic rings. The molecule has 1 spiro atoms. The van der Waals surface area contributed by atoms with Crippen molar-refractivity contribution in [2.45, 2.75) is 87.6 Å². The number of carbonyl (C=O) groups is 1. The van der Waals surface area contributed by atoms with E-state index in [2.05, 4.69) is 4.74 Å². The summed E-state index contributed by atoms with van der Waals surface area (Å²) >= 11 is 0. The predicted molar refractivity (Wildman–Crippen MR) is 92.6 cm³/mol. The number of aliphatic hydroxyl groups is 1. The highest BCUT2D eigenvalue weighted by atomic mass is 19.4. The molecule has 13 heteroatoms. The molecular formula is C20H24F8O5. The van der Waals surface area contributed by atoms with Crippen molar-refractivity contribution in [3.8, 4) is 0 Å². The van der Waals surface area contributed by atoms with Gasteiger partial charge in [0.2, 0.25) is 0 Å². The molecule has 4 atom stereocenters. The maximum atomic E-state index is 15.5. The van der Waals surface area contributed by atoms with E-state index < -0.39 is 84.5 Å². The lowest BCUT2D eigenvalue weighted by atomic mass is 9.46. The molecule has 1 N–H and O–H groups in total. The molecule has 5 fully saturated rings. The molecule has 4 unspecified atom stereocenters. The van der Waals surface area contributed by atoms with Crippen molar-refractivity contribution in [2.75, 3.05) is 6.79 Å². The quantitative estimate of drug-likeness (QED) is 0.453. The first-order chi connectivity index (χ1) is 14.9. The monoisotopic (exact) mass is 496 g/mol. The first-order valence-corrected chi connectivity index (χ1v) is 10.6. The van der Waals surface area contributed by atoms with Crippen LogP contribution in [-0.4, -0.2) is 53.1 Å². The van der Waals surface area contributed by atoms with Crippen molar-refractivity contribution < 1.29 is 59.2 Å². The third kappa shape index (κ3) is 3.03. The highest BCUT2D eigenvalue weighted by Crippen LogP contribution is 2.69. The van der Waals surface area contributed by atoms with Gasteiger partial charge in [-0.2, -0.15) is 35.1 Å². The lowest BCUT2D eigenvalue weighted by molar-refractivity contribution is -0.521. The van der Waals surface area contributed by atoms with E-state index in [-0.39, 0.29) is 25.2 Å². The average Bonchev–Trinajstić information content (AvgIpc) is 2.65. The molecule has 5 nitrogen and oxygen atoms in total. The van der Waals surface area contributed by atoms with Gasteiger partial charge in [-0.1, -0.05) is 6.92 Å². The molecule has 5 aliphatic rings. The second kappa shape index (κ2) is 6.93. The van der Waals surface area contributed by atoms with Crippen LogP contribution in [0.25, 0.3) is 0 Å². The summed E-state index contributed by atoms with van der Waals surface area (Å²) in [7, 11) is 0. The normalized spacial score (nSPS) is 44.0. The van der Waals surface area contributed by atoms with Gasteiger partial charge in [-0.15, -0.1) is 0 Å². The van der Waals surface area contributed by atoms with Crippen LogP contribution < -0.4 is 0 Å². The van der Waals surface area contributed by atoms with Gasteiger partial charge in [0.25, 0.3) is 0 Å². The van der Waals surface area contributed by atoms with Gasteiger partial charge in [-0.3, -0.25) is 4.79 Å². The minimum absolute atomic E-state index is 0.00362. The zero-order valence-electron chi connectivity index (χ0n) is 17.8. The lowest BCUT2D eigenvalue weighted by Crippen LogP contribution is -2.81. The number of hydrogen-bond donors (Lipinski definition) is 1. The number of esters is 1. The predicted octanol–water partition coefficient (Wildman–Crippen LogP) is 4.72. The Kier molecular flexibility index (Phi) is 5.23. The molecule has 0 aromatic carbocycles. The maximum Gasteiger partial charge on any atom is 0.449 e. The molecule has 0 amide bonds. The fraction of sp³-hybridized carbons (Fsp3) is 0.950. The number of carbonyl (C=O) groups excluding carboxylic acids is 1. The van der Waals surface area contributed by atoms with E-state index in [9.17, 15) is 36.2 Å². The minimum Gasteiger partial charge on any atom is -0.458 e. The summed E-state index contributed by atoms with van der Waals surface area (Å²) in [5.74, 6) is -14.2. The van der Waals surface area contributed by atoms with E-state index in [0.717, 1.165) is 6.92 Å². The molecule has 0 aromatic heterocycles. The van der Waals surface area contributed by atoms with Crippen LogP contribution in [0.2, 0.25) is 0 Å². The lowest BCUT2D eigenvalue weighted by Gasteiger charge is -2.67.